The molecule has 1 aromatic carbocycles. The normalized spacial score (nSPS) is 20.0. The summed E-state index contributed by atoms with van der Waals surface area (Å²) in [7, 11) is 0. The van der Waals surface area contributed by atoms with E-state index >= 15 is 0 Å². The molecule has 0 saturated carbocycles. The summed E-state index contributed by atoms with van der Waals surface area (Å²) in [6, 6.07) is 7.35. The Morgan fingerprint density at radius 2 is 1.97 bits per heavy atom. The highest BCUT2D eigenvalue weighted by molar-refractivity contribution is 7.17. The zero-order valence-corrected chi connectivity index (χ0v) is 19.0. The lowest BCUT2D eigenvalue weighted by Gasteiger charge is -2.41. The number of carbonyl (C=O) groups is 2. The Bertz CT molecular complexity index is 940. The molecule has 1 saturated heterocycles. The molecule has 9 heteroatoms. The van der Waals surface area contributed by atoms with Crippen LogP contribution in [0.15, 0.2) is 30.5 Å². The smallest absolute Gasteiger partial charge is 0.265 e. The van der Waals surface area contributed by atoms with E-state index in [1.165, 1.54) is 11.3 Å². The van der Waals surface area contributed by atoms with Gasteiger partial charge in [0.25, 0.3) is 11.8 Å². The fourth-order valence-corrected chi connectivity index (χ4v) is 4.99. The minimum Gasteiger partial charge on any atom is -0.492 e. The first kappa shape index (κ1) is 22.5. The molecule has 0 bridgehead atoms. The molecule has 1 spiro atoms. The molecule has 3 N–H and O–H groups in total. The highest BCUT2D eigenvalue weighted by Crippen LogP contribution is 2.38. The van der Waals surface area contributed by atoms with E-state index in [-0.39, 0.29) is 17.2 Å². The molecule has 0 atom stereocenters. The van der Waals surface area contributed by atoms with Crippen LogP contribution in [-0.2, 0) is 4.74 Å². The van der Waals surface area contributed by atoms with Gasteiger partial charge in [-0.3, -0.25) is 9.59 Å². The Labute approximate surface area is 192 Å². The van der Waals surface area contributed by atoms with E-state index in [9.17, 15) is 9.59 Å². The van der Waals surface area contributed by atoms with Crippen LogP contribution in [0, 0.1) is 5.41 Å². The van der Waals surface area contributed by atoms with E-state index < -0.39 is 0 Å². The van der Waals surface area contributed by atoms with Crippen molar-refractivity contribution in [3.05, 3.63) is 40.9 Å². The minimum atomic E-state index is -0.153. The summed E-state index contributed by atoms with van der Waals surface area (Å²) < 4.78 is 11.9. The van der Waals surface area contributed by atoms with Crippen molar-refractivity contribution in [2.75, 3.05) is 45.2 Å². The van der Waals surface area contributed by atoms with E-state index in [1.54, 1.807) is 12.3 Å². The summed E-state index contributed by atoms with van der Waals surface area (Å²) >= 11 is 1.23. The first-order valence-corrected chi connectivity index (χ1v) is 12.0. The van der Waals surface area contributed by atoms with E-state index in [2.05, 4.69) is 10.3 Å². The second-order valence-corrected chi connectivity index (χ2v) is 9.53. The number of amides is 2. The monoisotopic (exact) mass is 458 g/mol. The molecule has 1 aromatic heterocycles. The van der Waals surface area contributed by atoms with Crippen molar-refractivity contribution in [2.45, 2.75) is 32.1 Å². The van der Waals surface area contributed by atoms with Crippen LogP contribution in [0.4, 0.5) is 5.13 Å². The molecule has 4 rings (SSSR count). The molecule has 172 valence electrons. The van der Waals surface area contributed by atoms with Crippen LogP contribution in [0.3, 0.4) is 0 Å². The predicted octanol–water partition coefficient (Wildman–Crippen LogP) is 2.96. The van der Waals surface area contributed by atoms with Crippen LogP contribution in [-0.4, -0.2) is 61.2 Å². The number of likely N-dealkylation sites (tertiary alicyclic amines) is 1. The van der Waals surface area contributed by atoms with E-state index in [4.69, 9.17) is 15.2 Å². The molecular weight excluding hydrogens is 428 g/mol. The van der Waals surface area contributed by atoms with Crippen molar-refractivity contribution in [3.8, 4) is 5.75 Å². The number of hydrogen-bond donors (Lipinski definition) is 2. The fourth-order valence-electron chi connectivity index (χ4n) is 4.34. The molecule has 2 aliphatic rings. The Kier molecular flexibility index (Phi) is 7.26. The number of benzene rings is 1. The number of aromatic nitrogens is 1. The maximum Gasteiger partial charge on any atom is 0.265 e. The summed E-state index contributed by atoms with van der Waals surface area (Å²) in [6.07, 6.45) is 6.26. The second-order valence-electron chi connectivity index (χ2n) is 8.47. The van der Waals surface area contributed by atoms with Gasteiger partial charge in [0, 0.05) is 31.7 Å². The largest absolute Gasteiger partial charge is 0.492 e. The van der Waals surface area contributed by atoms with Gasteiger partial charge < -0.3 is 25.4 Å². The second kappa shape index (κ2) is 10.3. The third-order valence-corrected chi connectivity index (χ3v) is 7.10. The van der Waals surface area contributed by atoms with Gasteiger partial charge in [0.1, 0.15) is 10.6 Å². The third kappa shape index (κ3) is 5.39. The SMILES string of the molecule is Nc1ncc(C(=O)N2CCC3(CCCCOCCNC(=O)c4ccccc4OC3)CC2)s1. The quantitative estimate of drug-likeness (QED) is 0.680. The van der Waals surface area contributed by atoms with Gasteiger partial charge in [-0.2, -0.15) is 0 Å². The third-order valence-electron chi connectivity index (χ3n) is 6.29. The van der Waals surface area contributed by atoms with Gasteiger partial charge >= 0.3 is 0 Å². The van der Waals surface area contributed by atoms with Gasteiger partial charge in [0.05, 0.1) is 25.0 Å². The first-order valence-electron chi connectivity index (χ1n) is 11.1. The number of anilines is 1. The molecule has 2 amide bonds. The van der Waals surface area contributed by atoms with Crippen molar-refractivity contribution in [2.24, 2.45) is 5.41 Å². The zero-order chi connectivity index (χ0) is 22.4. The number of nitrogens with two attached hydrogens (primary N) is 1. The molecule has 1 fully saturated rings. The summed E-state index contributed by atoms with van der Waals surface area (Å²) in [5.41, 5.74) is 6.19. The molecule has 0 radical (unpaired) electrons. The molecule has 2 aromatic rings. The van der Waals surface area contributed by atoms with Crippen molar-refractivity contribution >= 4 is 28.3 Å². The van der Waals surface area contributed by atoms with Crippen LogP contribution >= 0.6 is 11.3 Å². The number of nitrogen functional groups attached to an aromatic ring is 1. The zero-order valence-electron chi connectivity index (χ0n) is 18.2. The molecule has 0 unspecified atom stereocenters. The molecular formula is C23H30N4O4S. The number of ether oxygens (including phenoxy) is 2. The van der Waals surface area contributed by atoms with Gasteiger partial charge in [-0.1, -0.05) is 29.9 Å². The fraction of sp³-hybridized carbons (Fsp3) is 0.522. The topological polar surface area (TPSA) is 107 Å². The Morgan fingerprint density at radius 3 is 2.75 bits per heavy atom. The predicted molar refractivity (Wildman–Crippen MR) is 123 cm³/mol. The van der Waals surface area contributed by atoms with Crippen molar-refractivity contribution < 1.29 is 19.1 Å². The number of nitrogens with one attached hydrogen (secondary N) is 1. The van der Waals surface area contributed by atoms with Crippen molar-refractivity contribution in [1.82, 2.24) is 15.2 Å². The van der Waals surface area contributed by atoms with Crippen LogP contribution in [0.25, 0.3) is 0 Å². The van der Waals surface area contributed by atoms with Crippen LogP contribution in [0.2, 0.25) is 0 Å². The number of rotatable bonds is 1. The lowest BCUT2D eigenvalue weighted by Crippen LogP contribution is -2.45. The molecule has 3 heterocycles. The van der Waals surface area contributed by atoms with Crippen molar-refractivity contribution in [1.29, 1.82) is 0 Å². The number of fused-ring (bicyclic) bond motifs is 1. The van der Waals surface area contributed by atoms with Crippen LogP contribution in [0.5, 0.6) is 5.75 Å². The van der Waals surface area contributed by atoms with E-state index in [0.717, 1.165) is 32.1 Å². The lowest BCUT2D eigenvalue weighted by atomic mass is 9.75. The highest BCUT2D eigenvalue weighted by Gasteiger charge is 2.37. The number of thiazole rings is 1. The number of nitrogens with zero attached hydrogens (tertiary/aromatic N) is 2. The standard InChI is InChI=1S/C23H30N4O4S/c24-22-26-15-19(32-22)21(29)27-11-8-23(9-12-27)7-3-4-13-30-14-10-25-20(28)17-5-1-2-6-18(17)31-16-23/h1-2,5-6,15H,3-4,7-14,16H2,(H2,24,26)(H,25,28). The maximum atomic E-state index is 12.8. The maximum absolute atomic E-state index is 12.8. The Hall–Kier alpha value is -2.65. The minimum absolute atomic E-state index is 0.00808. The number of hydrogen-bond acceptors (Lipinski definition) is 7. The number of piperidine rings is 1. The first-order chi connectivity index (χ1) is 15.6. The molecule has 32 heavy (non-hydrogen) atoms. The van der Waals surface area contributed by atoms with Gasteiger partial charge in [-0.15, -0.1) is 0 Å². The van der Waals surface area contributed by atoms with Crippen LogP contribution < -0.4 is 15.8 Å². The lowest BCUT2D eigenvalue weighted by molar-refractivity contribution is 0.0343. The summed E-state index contributed by atoms with van der Waals surface area (Å²) in [6.45, 7) is 3.51. The van der Waals surface area contributed by atoms with E-state index in [0.29, 0.717) is 60.8 Å². The Balaban J connectivity index is 1.47. The average molecular weight is 459 g/mol. The van der Waals surface area contributed by atoms with Gasteiger partial charge in [0.2, 0.25) is 0 Å². The van der Waals surface area contributed by atoms with Gasteiger partial charge in [0.15, 0.2) is 5.13 Å². The van der Waals surface area contributed by atoms with Gasteiger partial charge in [-0.05, 0) is 37.8 Å². The summed E-state index contributed by atoms with van der Waals surface area (Å²) in [5.74, 6) is 0.437. The Morgan fingerprint density at radius 1 is 1.16 bits per heavy atom. The van der Waals surface area contributed by atoms with E-state index in [1.807, 2.05) is 23.1 Å². The number of para-hydroxylation sites is 1. The number of carbonyl (C=O) groups excluding carboxylic acids is 2. The molecule has 8 nitrogen and oxygen atoms in total. The summed E-state index contributed by atoms with van der Waals surface area (Å²) in [5, 5.41) is 3.31. The van der Waals surface area contributed by atoms with Crippen LogP contribution in [0.1, 0.15) is 52.1 Å². The summed E-state index contributed by atoms with van der Waals surface area (Å²) in [4.78, 5) is 31.9. The van der Waals surface area contributed by atoms with Gasteiger partial charge in [-0.25, -0.2) is 4.98 Å². The molecule has 0 aliphatic carbocycles. The van der Waals surface area contributed by atoms with Crippen molar-refractivity contribution in [3.63, 3.8) is 0 Å². The molecule has 2 aliphatic heterocycles. The average Bonchev–Trinajstić information content (AvgIpc) is 3.25. The highest BCUT2D eigenvalue weighted by atomic mass is 32.1.